The quantitative estimate of drug-likeness (QED) is 0.370. The van der Waals surface area contributed by atoms with Crippen molar-refractivity contribution in [3.8, 4) is 22.8 Å². The van der Waals surface area contributed by atoms with Gasteiger partial charge in [0, 0.05) is 43.3 Å². The van der Waals surface area contributed by atoms with Gasteiger partial charge in [-0.05, 0) is 49.2 Å². The van der Waals surface area contributed by atoms with E-state index in [1.165, 1.54) is 0 Å². The lowest BCUT2D eigenvalue weighted by molar-refractivity contribution is -0.135. The molecule has 0 spiro atoms. The standard InChI is InChI=1S/C27H26N6O5S/c1-3-31-26-19(25-29-10-11-32(25)24-17(2)7-9-28-27(24)31)13-18(14-30-26)8-12-38-22-6-4-5-21-20(22)16-39(36,37)33(21)15-23(34)35/h4-7,9-11,13-14H,3,8,12,15-16H2,1-2H3,(H,34,35). The van der Waals surface area contributed by atoms with Gasteiger partial charge < -0.3 is 14.7 Å². The number of pyridine rings is 2. The van der Waals surface area contributed by atoms with Crippen molar-refractivity contribution in [1.82, 2.24) is 19.5 Å². The van der Waals surface area contributed by atoms with E-state index >= 15 is 0 Å². The van der Waals surface area contributed by atoms with E-state index in [-0.39, 0.29) is 12.4 Å². The number of sulfonamides is 1. The fraction of sp³-hybridized carbons (Fsp3) is 0.259. The first-order valence-electron chi connectivity index (χ1n) is 12.5. The summed E-state index contributed by atoms with van der Waals surface area (Å²) in [4.78, 5) is 27.4. The zero-order valence-electron chi connectivity index (χ0n) is 21.4. The molecule has 39 heavy (non-hydrogen) atoms. The second-order valence-corrected chi connectivity index (χ2v) is 11.3. The third-order valence-electron chi connectivity index (χ3n) is 6.95. The molecule has 0 atom stereocenters. The van der Waals surface area contributed by atoms with Gasteiger partial charge in [-0.1, -0.05) is 6.07 Å². The molecule has 0 amide bonds. The van der Waals surface area contributed by atoms with E-state index in [0.29, 0.717) is 30.0 Å². The number of hydrogen-bond acceptors (Lipinski definition) is 8. The maximum atomic E-state index is 12.6. The van der Waals surface area contributed by atoms with Crippen molar-refractivity contribution < 1.29 is 23.1 Å². The van der Waals surface area contributed by atoms with E-state index in [1.807, 2.05) is 23.0 Å². The number of carboxylic acid groups (broad SMARTS) is 1. The predicted molar refractivity (Wildman–Crippen MR) is 145 cm³/mol. The Kier molecular flexibility index (Phi) is 5.98. The molecule has 0 saturated carbocycles. The third kappa shape index (κ3) is 4.16. The topological polar surface area (TPSA) is 131 Å². The van der Waals surface area contributed by atoms with E-state index < -0.39 is 22.5 Å². The third-order valence-corrected chi connectivity index (χ3v) is 8.60. The average Bonchev–Trinajstić information content (AvgIpc) is 3.44. The van der Waals surface area contributed by atoms with Crippen LogP contribution in [0.2, 0.25) is 0 Å². The van der Waals surface area contributed by atoms with Crippen LogP contribution < -0.4 is 13.9 Å². The lowest BCUT2D eigenvalue weighted by Crippen LogP contribution is -2.32. The summed E-state index contributed by atoms with van der Waals surface area (Å²) in [6.07, 6.45) is 7.83. The molecule has 1 aromatic carbocycles. The molecule has 0 fully saturated rings. The number of rotatable bonds is 7. The molecule has 0 saturated heterocycles. The van der Waals surface area contributed by atoms with Crippen molar-refractivity contribution in [3.05, 3.63) is 71.8 Å². The zero-order chi connectivity index (χ0) is 27.3. The molecule has 0 radical (unpaired) electrons. The summed E-state index contributed by atoms with van der Waals surface area (Å²) in [5.74, 6) is 1.29. The first-order chi connectivity index (χ1) is 18.8. The van der Waals surface area contributed by atoms with E-state index in [0.717, 1.165) is 44.1 Å². The number of imidazole rings is 1. The highest BCUT2D eigenvalue weighted by Crippen LogP contribution is 2.42. The summed E-state index contributed by atoms with van der Waals surface area (Å²) in [7, 11) is -3.77. The number of fused-ring (bicyclic) bond motifs is 6. The Morgan fingerprint density at radius 2 is 1.97 bits per heavy atom. The van der Waals surface area contributed by atoms with Gasteiger partial charge >= 0.3 is 5.97 Å². The molecule has 6 rings (SSSR count). The smallest absolute Gasteiger partial charge is 0.324 e. The van der Waals surface area contributed by atoms with Gasteiger partial charge in [-0.2, -0.15) is 0 Å². The van der Waals surface area contributed by atoms with Gasteiger partial charge in [-0.15, -0.1) is 0 Å². The first-order valence-corrected chi connectivity index (χ1v) is 14.1. The van der Waals surface area contributed by atoms with Gasteiger partial charge in [0.15, 0.2) is 5.82 Å². The average molecular weight is 547 g/mol. The number of nitrogens with zero attached hydrogens (tertiary/aromatic N) is 6. The molecule has 12 heteroatoms. The Morgan fingerprint density at radius 1 is 1.13 bits per heavy atom. The van der Waals surface area contributed by atoms with Crippen LogP contribution in [-0.4, -0.2) is 58.7 Å². The number of aryl methyl sites for hydroxylation is 1. The zero-order valence-corrected chi connectivity index (χ0v) is 22.2. The Balaban J connectivity index is 1.28. The van der Waals surface area contributed by atoms with Gasteiger partial charge in [0.25, 0.3) is 0 Å². The number of benzene rings is 1. The van der Waals surface area contributed by atoms with Gasteiger partial charge in [0.1, 0.15) is 29.7 Å². The number of hydrogen-bond donors (Lipinski definition) is 1. The van der Waals surface area contributed by atoms with Crippen LogP contribution in [0.1, 0.15) is 23.6 Å². The minimum atomic E-state index is -3.77. The molecule has 2 aliphatic rings. The summed E-state index contributed by atoms with van der Waals surface area (Å²) < 4.78 is 34.2. The molecule has 0 aliphatic carbocycles. The SMILES string of the molecule is CCN1c2ncc(CCOc3cccc4c3CS(=O)(=O)N4CC(=O)O)cc2-c2nccn2-c2c(C)ccnc21. The minimum absolute atomic E-state index is 0.280. The highest BCUT2D eigenvalue weighted by molar-refractivity contribution is 7.92. The molecule has 3 aromatic heterocycles. The minimum Gasteiger partial charge on any atom is -0.493 e. The second kappa shape index (κ2) is 9.38. The molecule has 11 nitrogen and oxygen atoms in total. The maximum absolute atomic E-state index is 12.6. The van der Waals surface area contributed by atoms with Gasteiger partial charge in [-0.3, -0.25) is 13.7 Å². The van der Waals surface area contributed by atoms with Crippen LogP contribution in [0.3, 0.4) is 0 Å². The van der Waals surface area contributed by atoms with Gasteiger partial charge in [0.05, 0.1) is 23.5 Å². The number of aromatic nitrogens is 4. The molecular formula is C27H26N6O5S. The van der Waals surface area contributed by atoms with Gasteiger partial charge in [0.2, 0.25) is 10.0 Å². The molecule has 2 aliphatic heterocycles. The van der Waals surface area contributed by atoms with Crippen LogP contribution in [0.25, 0.3) is 17.1 Å². The molecule has 0 unspecified atom stereocenters. The van der Waals surface area contributed by atoms with Gasteiger partial charge in [-0.25, -0.2) is 23.4 Å². The fourth-order valence-corrected chi connectivity index (χ4v) is 6.78. The summed E-state index contributed by atoms with van der Waals surface area (Å²) in [6, 6.07) is 9.01. The largest absolute Gasteiger partial charge is 0.493 e. The summed E-state index contributed by atoms with van der Waals surface area (Å²) >= 11 is 0. The number of aliphatic carboxylic acids is 1. The highest BCUT2D eigenvalue weighted by atomic mass is 32.2. The van der Waals surface area contributed by atoms with E-state index in [9.17, 15) is 13.2 Å². The Labute approximate surface area is 225 Å². The van der Waals surface area contributed by atoms with Crippen LogP contribution in [0.4, 0.5) is 17.3 Å². The molecule has 1 N–H and O–H groups in total. The van der Waals surface area contributed by atoms with Crippen molar-refractivity contribution in [2.24, 2.45) is 0 Å². The normalized spacial score (nSPS) is 14.7. The van der Waals surface area contributed by atoms with Crippen LogP contribution in [0.15, 0.2) is 55.1 Å². The lowest BCUT2D eigenvalue weighted by atomic mass is 10.1. The molecule has 0 bridgehead atoms. The molecule has 5 heterocycles. The summed E-state index contributed by atoms with van der Waals surface area (Å²) in [5, 5.41) is 9.16. The Morgan fingerprint density at radius 3 is 2.77 bits per heavy atom. The number of anilines is 3. The van der Waals surface area contributed by atoms with Crippen molar-refractivity contribution in [2.75, 3.05) is 28.9 Å². The summed E-state index contributed by atoms with van der Waals surface area (Å²) in [6.45, 7) is 4.45. The van der Waals surface area contributed by atoms with Crippen LogP contribution in [0, 0.1) is 6.92 Å². The lowest BCUT2D eigenvalue weighted by Gasteiger charge is -2.23. The number of ether oxygens (including phenoxy) is 1. The maximum Gasteiger partial charge on any atom is 0.324 e. The van der Waals surface area contributed by atoms with Crippen molar-refractivity contribution in [1.29, 1.82) is 0 Å². The number of carboxylic acids is 1. The number of carbonyl (C=O) groups is 1. The Hall–Kier alpha value is -4.45. The monoisotopic (exact) mass is 546 g/mol. The van der Waals surface area contributed by atoms with Crippen molar-refractivity contribution >= 4 is 33.3 Å². The van der Waals surface area contributed by atoms with E-state index in [4.69, 9.17) is 14.8 Å². The Bertz CT molecular complexity index is 1720. The van der Waals surface area contributed by atoms with Crippen LogP contribution in [0.5, 0.6) is 5.75 Å². The molecule has 200 valence electrons. The molecular weight excluding hydrogens is 520 g/mol. The van der Waals surface area contributed by atoms with E-state index in [2.05, 4.69) is 34.8 Å². The predicted octanol–water partition coefficient (Wildman–Crippen LogP) is 3.47. The fourth-order valence-electron chi connectivity index (χ4n) is 5.19. The highest BCUT2D eigenvalue weighted by Gasteiger charge is 2.36. The van der Waals surface area contributed by atoms with Crippen LogP contribution >= 0.6 is 0 Å². The van der Waals surface area contributed by atoms with Crippen molar-refractivity contribution in [3.63, 3.8) is 0 Å². The second-order valence-electron chi connectivity index (χ2n) is 9.39. The first kappa shape index (κ1) is 24.9. The van der Waals surface area contributed by atoms with E-state index in [1.54, 1.807) is 30.6 Å². The van der Waals surface area contributed by atoms with Crippen molar-refractivity contribution in [2.45, 2.75) is 26.0 Å². The summed E-state index contributed by atoms with van der Waals surface area (Å²) in [5.41, 5.74) is 4.69. The molecule has 4 aromatic rings. The van der Waals surface area contributed by atoms with Crippen LogP contribution in [-0.2, 0) is 27.0 Å².